The van der Waals surface area contributed by atoms with Crippen LogP contribution >= 0.6 is 47.8 Å². The van der Waals surface area contributed by atoms with Crippen LogP contribution in [0.15, 0.2) is 27.1 Å². The van der Waals surface area contributed by atoms with E-state index in [4.69, 9.17) is 0 Å². The van der Waals surface area contributed by atoms with Crippen LogP contribution in [0.25, 0.3) is 0 Å². The number of amides is 1. The van der Waals surface area contributed by atoms with Gasteiger partial charge in [0, 0.05) is 24.9 Å². The molecule has 94 valence electrons. The average molecular weight is 428 g/mol. The van der Waals surface area contributed by atoms with Gasteiger partial charge in [-0.05, 0) is 32.0 Å². The highest BCUT2D eigenvalue weighted by molar-refractivity contribution is 9.11. The number of nitrogens with one attached hydrogen (secondary N) is 1. The second kappa shape index (κ2) is 5.85. The number of hydrogen-bond donors (Lipinski definition) is 1. The van der Waals surface area contributed by atoms with Crippen LogP contribution in [0.5, 0.6) is 0 Å². The Hall–Kier alpha value is 0.130. The first kappa shape index (κ1) is 15.2. The van der Waals surface area contributed by atoms with Crippen molar-refractivity contribution in [2.45, 2.75) is 31.1 Å². The zero-order valence-corrected chi connectivity index (χ0v) is 14.6. The summed E-state index contributed by atoms with van der Waals surface area (Å²) in [5.41, 5.74) is 0.332. The van der Waals surface area contributed by atoms with Crippen molar-refractivity contribution in [2.75, 3.05) is 0 Å². The van der Waals surface area contributed by atoms with Gasteiger partial charge in [0.15, 0.2) is 0 Å². The third-order valence-electron chi connectivity index (χ3n) is 2.55. The van der Waals surface area contributed by atoms with Gasteiger partial charge in [-0.2, -0.15) is 0 Å². The number of carbonyl (C=O) groups excluding carboxylic acids is 1. The molecule has 1 amide bonds. The molecule has 1 atom stereocenters. The van der Waals surface area contributed by atoms with Crippen molar-refractivity contribution in [3.05, 3.63) is 32.7 Å². The van der Waals surface area contributed by atoms with Crippen molar-refractivity contribution in [1.29, 1.82) is 0 Å². The molecule has 1 rings (SSSR count). The van der Waals surface area contributed by atoms with E-state index < -0.39 is 0 Å². The van der Waals surface area contributed by atoms with E-state index in [9.17, 15) is 4.79 Å². The summed E-state index contributed by atoms with van der Waals surface area (Å²) in [6, 6.07) is 5.50. The molecule has 0 aliphatic carbocycles. The zero-order valence-electron chi connectivity index (χ0n) is 9.85. The van der Waals surface area contributed by atoms with Gasteiger partial charge in [0.1, 0.15) is 0 Å². The number of benzene rings is 1. The first-order chi connectivity index (χ1) is 7.72. The Labute approximate surface area is 127 Å². The highest BCUT2D eigenvalue weighted by Crippen LogP contribution is 2.22. The summed E-state index contributed by atoms with van der Waals surface area (Å²) in [6.45, 7) is 5.98. The van der Waals surface area contributed by atoms with Crippen molar-refractivity contribution in [3.8, 4) is 0 Å². The summed E-state index contributed by atoms with van der Waals surface area (Å²) in [4.78, 5) is 12.3. The molecule has 0 spiro atoms. The lowest BCUT2D eigenvalue weighted by Gasteiger charge is -2.29. The monoisotopic (exact) mass is 425 g/mol. The van der Waals surface area contributed by atoms with Crippen molar-refractivity contribution in [2.24, 2.45) is 0 Å². The molecule has 0 bridgehead atoms. The van der Waals surface area contributed by atoms with Crippen LogP contribution in [-0.2, 0) is 0 Å². The van der Waals surface area contributed by atoms with E-state index in [0.717, 1.165) is 8.95 Å². The minimum atomic E-state index is -0.300. The Morgan fingerprint density at radius 1 is 1.24 bits per heavy atom. The van der Waals surface area contributed by atoms with E-state index in [1.54, 1.807) is 12.1 Å². The third kappa shape index (κ3) is 4.38. The van der Waals surface area contributed by atoms with Gasteiger partial charge in [0.2, 0.25) is 0 Å². The smallest absolute Gasteiger partial charge is 0.251 e. The molecule has 0 saturated carbocycles. The SMILES string of the molecule is CC(Br)C(C)(C)NC(=O)c1cc(Br)cc(Br)c1. The minimum Gasteiger partial charge on any atom is -0.346 e. The van der Waals surface area contributed by atoms with E-state index >= 15 is 0 Å². The van der Waals surface area contributed by atoms with Crippen LogP contribution in [0.4, 0.5) is 0 Å². The Bertz CT molecular complexity index is 410. The summed E-state index contributed by atoms with van der Waals surface area (Å²) in [5, 5.41) is 3.00. The van der Waals surface area contributed by atoms with Crippen molar-refractivity contribution < 1.29 is 4.79 Å². The number of hydrogen-bond acceptors (Lipinski definition) is 1. The molecule has 0 saturated heterocycles. The van der Waals surface area contributed by atoms with Gasteiger partial charge < -0.3 is 5.32 Å². The molecule has 1 N–H and O–H groups in total. The third-order valence-corrected chi connectivity index (χ3v) is 4.62. The lowest BCUT2D eigenvalue weighted by molar-refractivity contribution is 0.0913. The van der Waals surface area contributed by atoms with E-state index in [1.165, 1.54) is 0 Å². The maximum atomic E-state index is 12.1. The van der Waals surface area contributed by atoms with Gasteiger partial charge in [0.25, 0.3) is 5.91 Å². The quantitative estimate of drug-likeness (QED) is 0.707. The minimum absolute atomic E-state index is 0.0803. The van der Waals surface area contributed by atoms with E-state index in [0.29, 0.717) is 5.56 Å². The summed E-state index contributed by atoms with van der Waals surface area (Å²) in [7, 11) is 0. The molecule has 2 nitrogen and oxygen atoms in total. The van der Waals surface area contributed by atoms with Gasteiger partial charge in [-0.15, -0.1) is 0 Å². The van der Waals surface area contributed by atoms with Crippen molar-refractivity contribution in [1.82, 2.24) is 5.32 Å². The summed E-state index contributed by atoms with van der Waals surface area (Å²) in [6.07, 6.45) is 0. The highest BCUT2D eigenvalue weighted by Gasteiger charge is 2.26. The molecular formula is C12H14Br3NO. The molecule has 1 aromatic rings. The van der Waals surface area contributed by atoms with Gasteiger partial charge in [-0.25, -0.2) is 0 Å². The molecule has 0 aromatic heterocycles. The van der Waals surface area contributed by atoms with Crippen LogP contribution in [-0.4, -0.2) is 16.3 Å². The number of halogens is 3. The predicted octanol–water partition coefficient (Wildman–Crippen LogP) is 4.50. The summed E-state index contributed by atoms with van der Waals surface area (Å²) >= 11 is 10.2. The largest absolute Gasteiger partial charge is 0.346 e. The molecule has 0 aliphatic heterocycles. The van der Waals surface area contributed by atoms with Crippen LogP contribution in [0.1, 0.15) is 31.1 Å². The Morgan fingerprint density at radius 2 is 1.71 bits per heavy atom. The van der Waals surface area contributed by atoms with Gasteiger partial charge in [-0.1, -0.05) is 54.7 Å². The molecule has 0 aliphatic rings. The van der Waals surface area contributed by atoms with Crippen molar-refractivity contribution in [3.63, 3.8) is 0 Å². The van der Waals surface area contributed by atoms with Crippen LogP contribution in [0, 0.1) is 0 Å². The highest BCUT2D eigenvalue weighted by atomic mass is 79.9. The standard InChI is InChI=1S/C12H14Br3NO/c1-7(13)12(2,3)16-11(17)8-4-9(14)6-10(15)5-8/h4-7H,1-3H3,(H,16,17). The second-order valence-corrected chi connectivity index (χ2v) is 7.65. The lowest BCUT2D eigenvalue weighted by atomic mass is 10.0. The van der Waals surface area contributed by atoms with Crippen LogP contribution < -0.4 is 5.32 Å². The molecule has 1 unspecified atom stereocenters. The predicted molar refractivity (Wildman–Crippen MR) is 81.8 cm³/mol. The van der Waals surface area contributed by atoms with E-state index in [2.05, 4.69) is 53.1 Å². The van der Waals surface area contributed by atoms with Crippen LogP contribution in [0.2, 0.25) is 0 Å². The number of rotatable bonds is 3. The van der Waals surface area contributed by atoms with Gasteiger partial charge in [0.05, 0.1) is 0 Å². The Morgan fingerprint density at radius 3 is 2.12 bits per heavy atom. The van der Waals surface area contributed by atoms with E-state index in [1.807, 2.05) is 26.8 Å². The summed E-state index contributed by atoms with van der Waals surface area (Å²) < 4.78 is 1.75. The number of carbonyl (C=O) groups is 1. The van der Waals surface area contributed by atoms with E-state index in [-0.39, 0.29) is 16.3 Å². The average Bonchev–Trinajstić information content (AvgIpc) is 2.15. The Kier molecular flexibility index (Phi) is 5.22. The van der Waals surface area contributed by atoms with Gasteiger partial charge >= 0.3 is 0 Å². The lowest BCUT2D eigenvalue weighted by Crippen LogP contribution is -2.48. The fraction of sp³-hybridized carbons (Fsp3) is 0.417. The van der Waals surface area contributed by atoms with Crippen LogP contribution in [0.3, 0.4) is 0 Å². The molecule has 1 aromatic carbocycles. The first-order valence-corrected chi connectivity index (χ1v) is 7.65. The Balaban J connectivity index is 2.91. The maximum absolute atomic E-state index is 12.1. The molecule has 0 radical (unpaired) electrons. The second-order valence-electron chi connectivity index (χ2n) is 4.45. The number of alkyl halides is 1. The summed E-state index contributed by atoms with van der Waals surface area (Å²) in [5.74, 6) is -0.0803. The first-order valence-electron chi connectivity index (χ1n) is 5.15. The molecule has 5 heteroatoms. The normalized spacial score (nSPS) is 13.3. The zero-order chi connectivity index (χ0) is 13.2. The fourth-order valence-corrected chi connectivity index (χ4v) is 2.56. The maximum Gasteiger partial charge on any atom is 0.251 e. The topological polar surface area (TPSA) is 29.1 Å². The molecular weight excluding hydrogens is 414 g/mol. The molecule has 0 fully saturated rings. The van der Waals surface area contributed by atoms with Crippen molar-refractivity contribution >= 4 is 53.7 Å². The molecule has 17 heavy (non-hydrogen) atoms. The molecule has 0 heterocycles. The van der Waals surface area contributed by atoms with Gasteiger partial charge in [-0.3, -0.25) is 4.79 Å². The fourth-order valence-electron chi connectivity index (χ4n) is 1.15.